The zero-order valence-electron chi connectivity index (χ0n) is 14.3. The van der Waals surface area contributed by atoms with Gasteiger partial charge >= 0.3 is 0 Å². The number of halogens is 1. The first kappa shape index (κ1) is 18.6. The van der Waals surface area contributed by atoms with E-state index in [0.717, 1.165) is 4.47 Å². The van der Waals surface area contributed by atoms with Gasteiger partial charge in [0.15, 0.2) is 5.82 Å². The van der Waals surface area contributed by atoms with E-state index in [4.69, 9.17) is 4.52 Å². The van der Waals surface area contributed by atoms with Crippen LogP contribution in [0, 0.1) is 5.92 Å². The van der Waals surface area contributed by atoms with Crippen molar-refractivity contribution in [3.63, 3.8) is 0 Å². The van der Waals surface area contributed by atoms with Crippen molar-refractivity contribution in [3.8, 4) is 0 Å². The van der Waals surface area contributed by atoms with E-state index in [2.05, 4.69) is 36.7 Å². The maximum absolute atomic E-state index is 12.5. The summed E-state index contributed by atoms with van der Waals surface area (Å²) in [6.07, 6.45) is 0.670. The molecule has 0 radical (unpaired) electrons. The molecule has 2 unspecified atom stereocenters. The van der Waals surface area contributed by atoms with Crippen molar-refractivity contribution >= 4 is 21.8 Å². The molecule has 0 spiro atoms. The molecule has 2 aromatic rings. The summed E-state index contributed by atoms with van der Waals surface area (Å²) in [6, 6.07) is 7.22. The second kappa shape index (κ2) is 8.39. The molecule has 0 aliphatic rings. The van der Waals surface area contributed by atoms with Crippen molar-refractivity contribution in [3.05, 3.63) is 46.0 Å². The van der Waals surface area contributed by atoms with Crippen LogP contribution in [0.2, 0.25) is 0 Å². The number of benzene rings is 1. The fourth-order valence-corrected chi connectivity index (χ4v) is 2.70. The zero-order valence-corrected chi connectivity index (χ0v) is 15.9. The van der Waals surface area contributed by atoms with Crippen molar-refractivity contribution in [2.24, 2.45) is 5.92 Å². The number of hydrogen-bond acceptors (Lipinski definition) is 5. The minimum Gasteiger partial charge on any atom is -0.340 e. The Balaban J connectivity index is 2.15. The summed E-state index contributed by atoms with van der Waals surface area (Å²) in [4.78, 5) is 17.0. The maximum Gasteiger partial charge on any atom is 0.253 e. The van der Waals surface area contributed by atoms with Crippen LogP contribution < -0.4 is 10.6 Å². The third-order valence-corrected chi connectivity index (χ3v) is 4.49. The van der Waals surface area contributed by atoms with E-state index in [-0.39, 0.29) is 23.9 Å². The summed E-state index contributed by atoms with van der Waals surface area (Å²) < 4.78 is 6.13. The standard InChI is InChI=1S/C17H23BrN4O2/c1-10(2)15(17-20-14(22-24-17)9-11(3)19-4)21-16(23)12-7-5-6-8-13(12)18/h5-8,10-11,15,19H,9H2,1-4H3,(H,21,23). The van der Waals surface area contributed by atoms with E-state index in [0.29, 0.717) is 23.7 Å². The van der Waals surface area contributed by atoms with Crippen LogP contribution in [-0.4, -0.2) is 29.1 Å². The van der Waals surface area contributed by atoms with Gasteiger partial charge < -0.3 is 15.2 Å². The summed E-state index contributed by atoms with van der Waals surface area (Å²) in [7, 11) is 1.89. The number of nitrogens with zero attached hydrogens (tertiary/aromatic N) is 2. The lowest BCUT2D eigenvalue weighted by Gasteiger charge is -2.19. The van der Waals surface area contributed by atoms with E-state index >= 15 is 0 Å². The fourth-order valence-electron chi connectivity index (χ4n) is 2.23. The van der Waals surface area contributed by atoms with E-state index in [9.17, 15) is 4.79 Å². The third kappa shape index (κ3) is 4.64. The van der Waals surface area contributed by atoms with Gasteiger partial charge in [0, 0.05) is 16.9 Å². The molecule has 1 aromatic carbocycles. The molecule has 0 saturated carbocycles. The van der Waals surface area contributed by atoms with Crippen LogP contribution in [0.15, 0.2) is 33.3 Å². The summed E-state index contributed by atoms with van der Waals surface area (Å²) in [5.41, 5.74) is 0.576. The third-order valence-electron chi connectivity index (χ3n) is 3.80. The van der Waals surface area contributed by atoms with Gasteiger partial charge in [-0.25, -0.2) is 0 Å². The van der Waals surface area contributed by atoms with Gasteiger partial charge in [0.25, 0.3) is 5.91 Å². The van der Waals surface area contributed by atoms with Crippen LogP contribution in [0.25, 0.3) is 0 Å². The summed E-state index contributed by atoms with van der Waals surface area (Å²) in [5.74, 6) is 1.01. The summed E-state index contributed by atoms with van der Waals surface area (Å²) >= 11 is 3.40. The summed E-state index contributed by atoms with van der Waals surface area (Å²) in [6.45, 7) is 6.06. The summed E-state index contributed by atoms with van der Waals surface area (Å²) in [5, 5.41) is 10.1. The van der Waals surface area contributed by atoms with Crippen LogP contribution in [0.3, 0.4) is 0 Å². The van der Waals surface area contributed by atoms with Gasteiger partial charge in [-0.05, 0) is 48.0 Å². The van der Waals surface area contributed by atoms with Crippen molar-refractivity contribution in [1.82, 2.24) is 20.8 Å². The van der Waals surface area contributed by atoms with Crippen LogP contribution in [-0.2, 0) is 6.42 Å². The monoisotopic (exact) mass is 394 g/mol. The number of nitrogens with one attached hydrogen (secondary N) is 2. The van der Waals surface area contributed by atoms with E-state index in [1.807, 2.05) is 46.0 Å². The predicted molar refractivity (Wildman–Crippen MR) is 95.7 cm³/mol. The quantitative estimate of drug-likeness (QED) is 0.753. The molecule has 130 valence electrons. The number of carbonyl (C=O) groups is 1. The van der Waals surface area contributed by atoms with E-state index in [1.54, 1.807) is 6.07 Å². The molecule has 0 fully saturated rings. The molecule has 0 aliphatic heterocycles. The van der Waals surface area contributed by atoms with Crippen LogP contribution in [0.4, 0.5) is 0 Å². The lowest BCUT2D eigenvalue weighted by molar-refractivity contribution is 0.0913. The molecular formula is C17H23BrN4O2. The maximum atomic E-state index is 12.5. The molecule has 0 bridgehead atoms. The number of aromatic nitrogens is 2. The first-order valence-electron chi connectivity index (χ1n) is 7.97. The largest absolute Gasteiger partial charge is 0.340 e. The van der Waals surface area contributed by atoms with Crippen LogP contribution in [0.1, 0.15) is 48.9 Å². The highest BCUT2D eigenvalue weighted by Gasteiger charge is 2.25. The van der Waals surface area contributed by atoms with Gasteiger partial charge in [-0.1, -0.05) is 31.1 Å². The zero-order chi connectivity index (χ0) is 17.7. The fraction of sp³-hybridized carbons (Fsp3) is 0.471. The molecule has 0 aliphatic carbocycles. The average Bonchev–Trinajstić information content (AvgIpc) is 3.00. The smallest absolute Gasteiger partial charge is 0.253 e. The van der Waals surface area contributed by atoms with Crippen molar-refractivity contribution in [2.75, 3.05) is 7.05 Å². The van der Waals surface area contributed by atoms with Gasteiger partial charge in [-0.3, -0.25) is 4.79 Å². The average molecular weight is 395 g/mol. The molecule has 1 aromatic heterocycles. The molecule has 7 heteroatoms. The Labute approximate surface area is 150 Å². The number of hydrogen-bond donors (Lipinski definition) is 2. The Kier molecular flexibility index (Phi) is 6.51. The Morgan fingerprint density at radius 3 is 2.62 bits per heavy atom. The number of carbonyl (C=O) groups excluding carboxylic acids is 1. The molecular weight excluding hydrogens is 372 g/mol. The van der Waals surface area contributed by atoms with Crippen LogP contribution >= 0.6 is 15.9 Å². The van der Waals surface area contributed by atoms with Gasteiger partial charge in [-0.15, -0.1) is 0 Å². The molecule has 2 N–H and O–H groups in total. The Hall–Kier alpha value is -1.73. The second-order valence-corrected chi connectivity index (χ2v) is 6.97. The molecule has 1 heterocycles. The molecule has 24 heavy (non-hydrogen) atoms. The number of likely N-dealkylation sites (N-methyl/N-ethyl adjacent to an activating group) is 1. The highest BCUT2D eigenvalue weighted by molar-refractivity contribution is 9.10. The Bertz CT molecular complexity index is 687. The first-order valence-corrected chi connectivity index (χ1v) is 8.76. The first-order chi connectivity index (χ1) is 11.4. The molecule has 2 rings (SSSR count). The Morgan fingerprint density at radius 2 is 2.00 bits per heavy atom. The molecule has 6 nitrogen and oxygen atoms in total. The van der Waals surface area contributed by atoms with Crippen LogP contribution in [0.5, 0.6) is 0 Å². The molecule has 0 saturated heterocycles. The predicted octanol–water partition coefficient (Wildman–Crippen LogP) is 3.11. The highest BCUT2D eigenvalue weighted by atomic mass is 79.9. The second-order valence-electron chi connectivity index (χ2n) is 6.12. The van der Waals surface area contributed by atoms with Crippen molar-refractivity contribution in [1.29, 1.82) is 0 Å². The van der Waals surface area contributed by atoms with Gasteiger partial charge in [0.1, 0.15) is 6.04 Å². The SMILES string of the molecule is CNC(C)Cc1noc(C(NC(=O)c2ccccc2Br)C(C)C)n1. The number of rotatable bonds is 7. The Morgan fingerprint density at radius 1 is 1.29 bits per heavy atom. The van der Waals surface area contributed by atoms with Crippen molar-refractivity contribution < 1.29 is 9.32 Å². The highest BCUT2D eigenvalue weighted by Crippen LogP contribution is 2.23. The van der Waals surface area contributed by atoms with Crippen molar-refractivity contribution in [2.45, 2.75) is 39.3 Å². The molecule has 1 amide bonds. The topological polar surface area (TPSA) is 80.0 Å². The van der Waals surface area contributed by atoms with E-state index < -0.39 is 0 Å². The minimum atomic E-state index is -0.337. The lowest BCUT2D eigenvalue weighted by atomic mass is 10.0. The van der Waals surface area contributed by atoms with E-state index in [1.165, 1.54) is 0 Å². The minimum absolute atomic E-state index is 0.117. The normalized spacial score (nSPS) is 13.8. The molecule has 2 atom stereocenters. The number of amides is 1. The lowest BCUT2D eigenvalue weighted by Crippen LogP contribution is -2.32. The van der Waals surface area contributed by atoms with Gasteiger partial charge in [0.2, 0.25) is 5.89 Å². The van der Waals surface area contributed by atoms with Gasteiger partial charge in [0.05, 0.1) is 5.56 Å². The van der Waals surface area contributed by atoms with Gasteiger partial charge in [-0.2, -0.15) is 4.98 Å².